The Balaban J connectivity index is 1.74. The van der Waals surface area contributed by atoms with Crippen LogP contribution in [0, 0.1) is 12.8 Å². The van der Waals surface area contributed by atoms with Crippen LogP contribution in [-0.2, 0) is 11.3 Å². The number of rotatable bonds is 3. The van der Waals surface area contributed by atoms with Gasteiger partial charge in [0.2, 0.25) is 0 Å². The molecular weight excluding hydrogens is 290 g/mol. The summed E-state index contributed by atoms with van der Waals surface area (Å²) >= 11 is 1.46. The van der Waals surface area contributed by atoms with Gasteiger partial charge in [0.05, 0.1) is 11.6 Å². The molecule has 3 heterocycles. The number of aromatic nitrogens is 2. The molecule has 1 N–H and O–H groups in total. The van der Waals surface area contributed by atoms with Crippen LogP contribution in [0.5, 0.6) is 0 Å². The van der Waals surface area contributed by atoms with Gasteiger partial charge in [-0.15, -0.1) is 11.3 Å². The summed E-state index contributed by atoms with van der Waals surface area (Å²) in [5.41, 5.74) is 1.62. The molecule has 6 nitrogen and oxygen atoms in total. The second-order valence-corrected chi connectivity index (χ2v) is 6.31. The van der Waals surface area contributed by atoms with Crippen LogP contribution in [0.25, 0.3) is 4.96 Å². The van der Waals surface area contributed by atoms with Crippen LogP contribution in [0.15, 0.2) is 16.2 Å². The van der Waals surface area contributed by atoms with E-state index in [0.29, 0.717) is 19.4 Å². The third-order valence-electron chi connectivity index (χ3n) is 3.95. The minimum absolute atomic E-state index is 0.0471. The maximum absolute atomic E-state index is 12.1. The normalized spacial score (nSPS) is 17.4. The van der Waals surface area contributed by atoms with E-state index in [-0.39, 0.29) is 11.5 Å². The molecule has 0 spiro atoms. The van der Waals surface area contributed by atoms with Gasteiger partial charge in [-0.1, -0.05) is 0 Å². The highest BCUT2D eigenvalue weighted by Gasteiger charge is 2.24. The summed E-state index contributed by atoms with van der Waals surface area (Å²) in [6, 6.07) is 1.58. The van der Waals surface area contributed by atoms with Gasteiger partial charge in [0.15, 0.2) is 4.96 Å². The lowest BCUT2D eigenvalue weighted by atomic mass is 9.97. The summed E-state index contributed by atoms with van der Waals surface area (Å²) in [6.07, 6.45) is 1.32. The molecular formula is C14H17N3O3S. The first-order chi connectivity index (χ1) is 10.0. The molecule has 0 aromatic carbocycles. The zero-order chi connectivity index (χ0) is 15.0. The van der Waals surface area contributed by atoms with Crippen LogP contribution in [0.1, 0.15) is 24.2 Å². The van der Waals surface area contributed by atoms with E-state index in [1.54, 1.807) is 10.5 Å². The standard InChI is InChI=1S/C14H17N3O3S/c1-9-8-21-14-15-11(6-12(18)17(9)14)7-16-4-2-10(3-5-16)13(19)20/h6,8,10H,2-5,7H2,1H3,(H,19,20). The van der Waals surface area contributed by atoms with E-state index in [2.05, 4.69) is 9.88 Å². The van der Waals surface area contributed by atoms with Gasteiger partial charge in [-0.05, 0) is 32.9 Å². The second kappa shape index (κ2) is 5.57. The van der Waals surface area contributed by atoms with E-state index >= 15 is 0 Å². The van der Waals surface area contributed by atoms with Crippen molar-refractivity contribution in [1.82, 2.24) is 14.3 Å². The number of likely N-dealkylation sites (tertiary alicyclic amines) is 1. The fraction of sp³-hybridized carbons (Fsp3) is 0.500. The molecule has 0 atom stereocenters. The van der Waals surface area contributed by atoms with E-state index in [4.69, 9.17) is 5.11 Å². The highest BCUT2D eigenvalue weighted by Crippen LogP contribution is 2.19. The Morgan fingerprint density at radius 2 is 2.19 bits per heavy atom. The van der Waals surface area contributed by atoms with Gasteiger partial charge in [0, 0.05) is 23.7 Å². The van der Waals surface area contributed by atoms with Crippen molar-refractivity contribution in [3.63, 3.8) is 0 Å². The van der Waals surface area contributed by atoms with Crippen molar-refractivity contribution in [3.05, 3.63) is 33.2 Å². The molecule has 1 aliphatic rings. The maximum atomic E-state index is 12.1. The average Bonchev–Trinajstić information content (AvgIpc) is 2.81. The summed E-state index contributed by atoms with van der Waals surface area (Å²) in [5, 5.41) is 10.9. The molecule has 112 valence electrons. The van der Waals surface area contributed by atoms with Crippen molar-refractivity contribution in [3.8, 4) is 0 Å². The number of aryl methyl sites for hydroxylation is 1. The lowest BCUT2D eigenvalue weighted by molar-refractivity contribution is -0.143. The van der Waals surface area contributed by atoms with Gasteiger partial charge < -0.3 is 5.11 Å². The molecule has 0 radical (unpaired) electrons. The summed E-state index contributed by atoms with van der Waals surface area (Å²) < 4.78 is 1.62. The quantitative estimate of drug-likeness (QED) is 0.927. The first-order valence-corrected chi connectivity index (χ1v) is 7.84. The van der Waals surface area contributed by atoms with Gasteiger partial charge in [-0.3, -0.25) is 18.9 Å². The number of aliphatic carboxylic acids is 1. The molecule has 7 heteroatoms. The number of carboxylic acid groups (broad SMARTS) is 1. The van der Waals surface area contributed by atoms with Crippen LogP contribution in [-0.4, -0.2) is 38.4 Å². The van der Waals surface area contributed by atoms with Crippen molar-refractivity contribution in [2.75, 3.05) is 13.1 Å². The minimum Gasteiger partial charge on any atom is -0.481 e. The van der Waals surface area contributed by atoms with Gasteiger partial charge in [0.1, 0.15) is 0 Å². The topological polar surface area (TPSA) is 74.9 Å². The zero-order valence-corrected chi connectivity index (χ0v) is 12.6. The van der Waals surface area contributed by atoms with Crippen LogP contribution >= 0.6 is 11.3 Å². The van der Waals surface area contributed by atoms with Crippen molar-refractivity contribution in [2.24, 2.45) is 5.92 Å². The molecule has 0 amide bonds. The van der Waals surface area contributed by atoms with E-state index in [9.17, 15) is 9.59 Å². The molecule has 0 saturated carbocycles. The molecule has 1 saturated heterocycles. The average molecular weight is 307 g/mol. The Kier molecular flexibility index (Phi) is 3.77. The van der Waals surface area contributed by atoms with Crippen LogP contribution in [0.4, 0.5) is 0 Å². The van der Waals surface area contributed by atoms with Crippen molar-refractivity contribution >= 4 is 22.3 Å². The van der Waals surface area contributed by atoms with Crippen LogP contribution in [0.2, 0.25) is 0 Å². The van der Waals surface area contributed by atoms with Gasteiger partial charge in [-0.25, -0.2) is 4.98 Å². The largest absolute Gasteiger partial charge is 0.481 e. The fourth-order valence-electron chi connectivity index (χ4n) is 2.75. The lowest BCUT2D eigenvalue weighted by Crippen LogP contribution is -2.36. The predicted octanol–water partition coefficient (Wildman–Crippen LogP) is 1.36. The minimum atomic E-state index is -0.707. The molecule has 1 fully saturated rings. The first kappa shape index (κ1) is 14.2. The Bertz CT molecular complexity index is 729. The number of carbonyl (C=O) groups is 1. The number of thiazole rings is 1. The number of hydrogen-bond acceptors (Lipinski definition) is 5. The molecule has 2 aromatic rings. The number of hydrogen-bond donors (Lipinski definition) is 1. The smallest absolute Gasteiger partial charge is 0.306 e. The van der Waals surface area contributed by atoms with E-state index in [1.807, 2.05) is 12.3 Å². The first-order valence-electron chi connectivity index (χ1n) is 6.96. The Morgan fingerprint density at radius 3 is 2.86 bits per heavy atom. The van der Waals surface area contributed by atoms with Crippen molar-refractivity contribution in [1.29, 1.82) is 0 Å². The maximum Gasteiger partial charge on any atom is 0.306 e. The van der Waals surface area contributed by atoms with Gasteiger partial charge in [-0.2, -0.15) is 0 Å². The number of nitrogens with zero attached hydrogens (tertiary/aromatic N) is 3. The van der Waals surface area contributed by atoms with E-state index in [1.165, 1.54) is 11.3 Å². The summed E-state index contributed by atoms with van der Waals surface area (Å²) in [7, 11) is 0. The highest BCUT2D eigenvalue weighted by atomic mass is 32.1. The van der Waals surface area contributed by atoms with Gasteiger partial charge >= 0.3 is 5.97 Å². The monoisotopic (exact) mass is 307 g/mol. The molecule has 2 aromatic heterocycles. The second-order valence-electron chi connectivity index (χ2n) is 5.47. The van der Waals surface area contributed by atoms with E-state index < -0.39 is 5.97 Å². The molecule has 3 rings (SSSR count). The third-order valence-corrected chi connectivity index (χ3v) is 4.89. The highest BCUT2D eigenvalue weighted by molar-refractivity contribution is 7.15. The molecule has 21 heavy (non-hydrogen) atoms. The SMILES string of the molecule is Cc1csc2nc(CN3CCC(C(=O)O)CC3)cc(=O)n12. The summed E-state index contributed by atoms with van der Waals surface area (Å²) in [6.45, 7) is 3.97. The summed E-state index contributed by atoms with van der Waals surface area (Å²) in [4.78, 5) is 30.4. The number of piperidine rings is 1. The number of fused-ring (bicyclic) bond motifs is 1. The Hall–Kier alpha value is -1.73. The Labute approximate surface area is 125 Å². The van der Waals surface area contributed by atoms with Crippen molar-refractivity contribution in [2.45, 2.75) is 26.3 Å². The predicted molar refractivity (Wildman–Crippen MR) is 79.7 cm³/mol. The third kappa shape index (κ3) is 2.84. The Morgan fingerprint density at radius 1 is 1.48 bits per heavy atom. The fourth-order valence-corrected chi connectivity index (χ4v) is 3.64. The molecule has 1 aliphatic heterocycles. The number of carboxylic acids is 1. The zero-order valence-electron chi connectivity index (χ0n) is 11.8. The van der Waals surface area contributed by atoms with Crippen LogP contribution in [0.3, 0.4) is 0 Å². The van der Waals surface area contributed by atoms with Crippen LogP contribution < -0.4 is 5.56 Å². The molecule has 0 unspecified atom stereocenters. The summed E-state index contributed by atoms with van der Waals surface area (Å²) in [5.74, 6) is -0.941. The lowest BCUT2D eigenvalue weighted by Gasteiger charge is -2.29. The van der Waals surface area contributed by atoms with Gasteiger partial charge in [0.25, 0.3) is 5.56 Å². The van der Waals surface area contributed by atoms with Crippen molar-refractivity contribution < 1.29 is 9.90 Å². The molecule has 0 bridgehead atoms. The van der Waals surface area contributed by atoms with E-state index in [0.717, 1.165) is 29.4 Å². The molecule has 0 aliphatic carbocycles.